The number of ketones is 1. The van der Waals surface area contributed by atoms with Gasteiger partial charge in [-0.1, -0.05) is 18.6 Å². The maximum absolute atomic E-state index is 15.0. The van der Waals surface area contributed by atoms with Gasteiger partial charge in [0.25, 0.3) is 0 Å². The highest BCUT2D eigenvalue weighted by Gasteiger charge is 2.60. The summed E-state index contributed by atoms with van der Waals surface area (Å²) in [6, 6.07) is 7.92. The molecule has 0 radical (unpaired) electrons. The van der Waals surface area contributed by atoms with Crippen LogP contribution in [-0.2, 0) is 21.8 Å². The van der Waals surface area contributed by atoms with Crippen molar-refractivity contribution in [1.82, 2.24) is 4.98 Å². The summed E-state index contributed by atoms with van der Waals surface area (Å²) in [7, 11) is -3.67. The molecule has 6 nitrogen and oxygen atoms in total. The number of hydrogen-bond acceptors (Lipinski definition) is 6. The van der Waals surface area contributed by atoms with Crippen LogP contribution in [0.2, 0.25) is 0 Å². The van der Waals surface area contributed by atoms with Gasteiger partial charge in [0.15, 0.2) is 15.6 Å². The molecule has 0 saturated carbocycles. The Morgan fingerprint density at radius 1 is 1.29 bits per heavy atom. The van der Waals surface area contributed by atoms with E-state index < -0.39 is 31.2 Å². The maximum atomic E-state index is 15.0. The zero-order chi connectivity index (χ0) is 22.6. The number of halogens is 1. The molecule has 0 aliphatic carbocycles. The Morgan fingerprint density at radius 3 is 2.74 bits per heavy atom. The number of carbonyl (C=O) groups is 1. The van der Waals surface area contributed by atoms with Crippen LogP contribution in [0.3, 0.4) is 0 Å². The fraction of sp³-hybridized carbons (Fsp3) is 0.435. The number of carbonyl (C=O) groups excluding carboxylic acids is 1. The number of aromatic nitrogens is 1. The molecular weight excluding hydrogens is 417 g/mol. The van der Waals surface area contributed by atoms with Gasteiger partial charge in [0.2, 0.25) is 0 Å². The highest BCUT2D eigenvalue weighted by Crippen LogP contribution is 2.49. The Labute approximate surface area is 181 Å². The van der Waals surface area contributed by atoms with Crippen LogP contribution < -0.4 is 5.73 Å². The molecule has 3 atom stereocenters. The normalized spacial score (nSPS) is 29.3. The predicted molar refractivity (Wildman–Crippen MR) is 117 cm³/mol. The lowest BCUT2D eigenvalue weighted by Crippen LogP contribution is -2.63. The molecule has 2 N–H and O–H groups in total. The van der Waals surface area contributed by atoms with Gasteiger partial charge in [-0.3, -0.25) is 14.8 Å². The number of benzene rings is 1. The van der Waals surface area contributed by atoms with Crippen LogP contribution in [0.4, 0.5) is 4.39 Å². The maximum Gasteiger partial charge on any atom is 0.185 e. The molecule has 2 aliphatic heterocycles. The molecule has 0 unspecified atom stereocenters. The van der Waals surface area contributed by atoms with Crippen LogP contribution in [0.5, 0.6) is 0 Å². The minimum absolute atomic E-state index is 0.0234. The number of nitrogens with zero attached hydrogens (tertiary/aromatic N) is 2. The van der Waals surface area contributed by atoms with Crippen molar-refractivity contribution in [2.75, 3.05) is 0 Å². The van der Waals surface area contributed by atoms with Crippen molar-refractivity contribution in [1.29, 1.82) is 0 Å². The molecule has 164 valence electrons. The first-order valence-electron chi connectivity index (χ1n) is 10.3. The fourth-order valence-corrected chi connectivity index (χ4v) is 7.54. The molecule has 31 heavy (non-hydrogen) atoms. The van der Waals surface area contributed by atoms with Crippen LogP contribution >= 0.6 is 0 Å². The van der Waals surface area contributed by atoms with Crippen molar-refractivity contribution in [3.8, 4) is 0 Å². The second-order valence-corrected chi connectivity index (χ2v) is 11.4. The monoisotopic (exact) mass is 443 g/mol. The minimum atomic E-state index is -3.67. The summed E-state index contributed by atoms with van der Waals surface area (Å²) < 4.78 is 40.5. The minimum Gasteiger partial charge on any atom is -0.386 e. The molecule has 4 rings (SSSR count). The molecular formula is C23H26FN3O3S. The Morgan fingerprint density at radius 2 is 2.03 bits per heavy atom. The number of fused-ring (bicyclic) bond motifs is 2. The van der Waals surface area contributed by atoms with E-state index in [0.29, 0.717) is 30.5 Å². The van der Waals surface area contributed by atoms with Crippen LogP contribution in [-0.4, -0.2) is 35.0 Å². The fourth-order valence-electron chi connectivity index (χ4n) is 4.88. The zero-order valence-electron chi connectivity index (χ0n) is 17.9. The molecule has 0 amide bonds. The number of pyridine rings is 1. The standard InChI is InChI=1S/C23H26FN3O3S/c1-14-6-5-11-26-20(14)18(28)13-15-8-9-17(24)16(12-15)23(3)19-7-4-10-22(2,21(25)27-23)31(19,29)30/h5-6,8-9,11-12,19H,4,7,10,13H2,1-3H3,(H2,25,27)/t19-,22+,23-/m1/s1. The lowest BCUT2D eigenvalue weighted by molar-refractivity contribution is 0.0987. The van der Waals surface area contributed by atoms with Crippen LogP contribution in [0.1, 0.15) is 60.3 Å². The van der Waals surface area contributed by atoms with Crippen molar-refractivity contribution in [3.63, 3.8) is 0 Å². The van der Waals surface area contributed by atoms with Crippen molar-refractivity contribution >= 4 is 21.5 Å². The Bertz CT molecular complexity index is 1210. The van der Waals surface area contributed by atoms with Crippen molar-refractivity contribution in [3.05, 3.63) is 64.7 Å². The van der Waals surface area contributed by atoms with E-state index in [4.69, 9.17) is 5.73 Å². The number of sulfone groups is 1. The molecule has 1 saturated heterocycles. The smallest absolute Gasteiger partial charge is 0.185 e. The summed E-state index contributed by atoms with van der Waals surface area (Å²) >= 11 is 0. The Kier molecular flexibility index (Phi) is 5.04. The average Bonchev–Trinajstić information content (AvgIpc) is 2.70. The summed E-state index contributed by atoms with van der Waals surface area (Å²) in [5.41, 5.74) is 6.65. The van der Waals surface area contributed by atoms with Crippen LogP contribution in [0.15, 0.2) is 41.5 Å². The molecule has 1 fully saturated rings. The summed E-state index contributed by atoms with van der Waals surface area (Å²) in [6.07, 6.45) is 3.06. The number of Topliss-reactive ketones (excluding diaryl/α,β-unsaturated/α-hetero) is 1. The summed E-state index contributed by atoms with van der Waals surface area (Å²) in [5.74, 6) is -0.727. The summed E-state index contributed by atoms with van der Waals surface area (Å²) in [5, 5.41) is -0.871. The second-order valence-electron chi connectivity index (χ2n) is 8.88. The largest absolute Gasteiger partial charge is 0.386 e. The van der Waals surface area contributed by atoms with Gasteiger partial charge in [-0.05, 0) is 62.9 Å². The van der Waals surface area contributed by atoms with E-state index in [1.54, 1.807) is 32.2 Å². The number of rotatable bonds is 4. The average molecular weight is 444 g/mol. The van der Waals surface area contributed by atoms with Gasteiger partial charge < -0.3 is 5.73 Å². The first kappa shape index (κ1) is 21.6. The van der Waals surface area contributed by atoms with Gasteiger partial charge in [0.05, 0.1) is 5.25 Å². The van der Waals surface area contributed by atoms with E-state index in [1.807, 2.05) is 13.0 Å². The van der Waals surface area contributed by atoms with E-state index in [1.165, 1.54) is 12.1 Å². The predicted octanol–water partition coefficient (Wildman–Crippen LogP) is 3.27. The number of aliphatic imine (C=N–C) groups is 1. The van der Waals surface area contributed by atoms with Crippen LogP contribution in [0, 0.1) is 12.7 Å². The third-order valence-corrected chi connectivity index (χ3v) is 9.97. The molecule has 2 bridgehead atoms. The highest BCUT2D eigenvalue weighted by molar-refractivity contribution is 7.94. The molecule has 0 spiro atoms. The summed E-state index contributed by atoms with van der Waals surface area (Å²) in [6.45, 7) is 5.04. The van der Waals surface area contributed by atoms with Gasteiger partial charge in [-0.25, -0.2) is 12.8 Å². The quantitative estimate of drug-likeness (QED) is 0.731. The third kappa shape index (κ3) is 3.19. The van der Waals surface area contributed by atoms with Gasteiger partial charge in [0.1, 0.15) is 27.6 Å². The van der Waals surface area contributed by atoms with E-state index in [2.05, 4.69) is 9.98 Å². The molecule has 3 heterocycles. The SMILES string of the molecule is Cc1cccnc1C(=O)Cc1ccc(F)c([C@@]2(C)N=C(N)[C@]3(C)CCC[C@H]2S3(=O)=O)c1. The molecule has 2 aromatic rings. The Hall–Kier alpha value is -2.61. The molecule has 2 aliphatic rings. The van der Waals surface area contributed by atoms with E-state index in [-0.39, 0.29) is 23.6 Å². The van der Waals surface area contributed by atoms with Gasteiger partial charge >= 0.3 is 0 Å². The highest BCUT2D eigenvalue weighted by atomic mass is 32.2. The van der Waals surface area contributed by atoms with Gasteiger partial charge in [-0.15, -0.1) is 0 Å². The van der Waals surface area contributed by atoms with E-state index in [0.717, 1.165) is 5.56 Å². The van der Waals surface area contributed by atoms with E-state index in [9.17, 15) is 13.2 Å². The lowest BCUT2D eigenvalue weighted by Gasteiger charge is -2.48. The number of nitrogens with two attached hydrogens (primary N) is 1. The molecule has 1 aromatic carbocycles. The molecule has 1 aromatic heterocycles. The number of amidine groups is 1. The topological polar surface area (TPSA) is 102 Å². The third-order valence-electron chi connectivity index (χ3n) is 6.86. The van der Waals surface area contributed by atoms with Crippen molar-refractivity contribution < 1.29 is 17.6 Å². The molecule has 8 heteroatoms. The summed E-state index contributed by atoms with van der Waals surface area (Å²) in [4.78, 5) is 21.5. The van der Waals surface area contributed by atoms with E-state index >= 15 is 4.39 Å². The second kappa shape index (κ2) is 7.22. The van der Waals surface area contributed by atoms with Gasteiger partial charge in [-0.2, -0.15) is 0 Å². The lowest BCUT2D eigenvalue weighted by atomic mass is 9.82. The first-order chi connectivity index (χ1) is 14.5. The van der Waals surface area contributed by atoms with Crippen LogP contribution in [0.25, 0.3) is 0 Å². The number of hydrogen-bond donors (Lipinski definition) is 1. The number of aryl methyl sites for hydroxylation is 1. The zero-order valence-corrected chi connectivity index (χ0v) is 18.7. The first-order valence-corrected chi connectivity index (χ1v) is 11.9. The van der Waals surface area contributed by atoms with Crippen molar-refractivity contribution in [2.24, 2.45) is 10.7 Å². The van der Waals surface area contributed by atoms with Gasteiger partial charge in [0, 0.05) is 18.2 Å². The Balaban J connectivity index is 1.78. The van der Waals surface area contributed by atoms with Crippen molar-refractivity contribution in [2.45, 2.75) is 62.0 Å².